The van der Waals surface area contributed by atoms with E-state index in [1.165, 1.54) is 0 Å². The summed E-state index contributed by atoms with van der Waals surface area (Å²) in [4.78, 5) is 4.86. The Labute approximate surface area is 244 Å². The summed E-state index contributed by atoms with van der Waals surface area (Å²) in [5.74, 6) is 2.00. The van der Waals surface area contributed by atoms with Crippen molar-refractivity contribution in [2.75, 3.05) is 59.8 Å². The molecule has 1 heterocycles. The first-order valence-electron chi connectivity index (χ1n) is 11.7. The van der Waals surface area contributed by atoms with E-state index in [2.05, 4.69) is 29.4 Å². The normalized spacial score (nSPS) is 15.4. The zero-order valence-corrected chi connectivity index (χ0v) is 26.5. The predicted molar refractivity (Wildman–Crippen MR) is 160 cm³/mol. The molecule has 1 aliphatic rings. The quantitative estimate of drug-likeness (QED) is 0.254. The van der Waals surface area contributed by atoms with Gasteiger partial charge in [-0.05, 0) is 43.4 Å². The molecule has 7 nitrogen and oxygen atoms in total. The SMILES string of the molecule is COc1ccc(CN2CCN(CC(O[Si](C)(C)C)c3cc(Cl)c(N)c(Cl)c3)CC2)c(OC)c1OC.Cl.Cl. The summed E-state index contributed by atoms with van der Waals surface area (Å²) < 4.78 is 23.2. The third-order valence-corrected chi connectivity index (χ3v) is 7.65. The number of rotatable bonds is 10. The minimum atomic E-state index is -1.82. The fraction of sp³-hybridized carbons (Fsp3) is 0.520. The number of methoxy groups -OCH3 is 3. The second-order valence-corrected chi connectivity index (χ2v) is 15.0. The molecular formula is C25H39Cl4N3O4Si. The molecule has 0 spiro atoms. The maximum Gasteiger partial charge on any atom is 0.203 e. The van der Waals surface area contributed by atoms with Gasteiger partial charge in [-0.25, -0.2) is 0 Å². The molecule has 12 heteroatoms. The minimum absolute atomic E-state index is 0. The number of hydrogen-bond donors (Lipinski definition) is 1. The molecule has 2 aromatic carbocycles. The molecule has 0 aromatic heterocycles. The van der Waals surface area contributed by atoms with Gasteiger partial charge in [0.2, 0.25) is 5.75 Å². The Kier molecular flexibility index (Phi) is 13.7. The van der Waals surface area contributed by atoms with Crippen LogP contribution in [0.1, 0.15) is 17.2 Å². The third kappa shape index (κ3) is 8.97. The molecular weight excluding hydrogens is 576 g/mol. The third-order valence-electron chi connectivity index (χ3n) is 6.04. The number of nitrogen functional groups attached to an aromatic ring is 1. The van der Waals surface area contributed by atoms with Gasteiger partial charge in [0.05, 0.1) is 43.2 Å². The fourth-order valence-electron chi connectivity index (χ4n) is 4.32. The highest BCUT2D eigenvalue weighted by atomic mass is 35.5. The Morgan fingerprint density at radius 1 is 0.865 bits per heavy atom. The van der Waals surface area contributed by atoms with Crippen molar-refractivity contribution in [2.24, 2.45) is 0 Å². The van der Waals surface area contributed by atoms with Crippen molar-refractivity contribution in [3.8, 4) is 17.2 Å². The molecule has 0 bridgehead atoms. The van der Waals surface area contributed by atoms with E-state index >= 15 is 0 Å². The monoisotopic (exact) mass is 613 g/mol. The van der Waals surface area contributed by atoms with E-state index in [1.54, 1.807) is 21.3 Å². The summed E-state index contributed by atoms with van der Waals surface area (Å²) in [7, 11) is 3.10. The molecule has 210 valence electrons. The first kappa shape index (κ1) is 33.9. The van der Waals surface area contributed by atoms with Gasteiger partial charge in [-0.15, -0.1) is 24.8 Å². The smallest absolute Gasteiger partial charge is 0.203 e. The van der Waals surface area contributed by atoms with E-state index in [0.29, 0.717) is 27.2 Å². The summed E-state index contributed by atoms with van der Waals surface area (Å²) in [5, 5.41) is 0.927. The molecule has 2 N–H and O–H groups in total. The lowest BCUT2D eigenvalue weighted by atomic mass is 10.1. The number of benzene rings is 2. The van der Waals surface area contributed by atoms with Crippen molar-refractivity contribution >= 4 is 62.0 Å². The van der Waals surface area contributed by atoms with E-state index in [-0.39, 0.29) is 30.9 Å². The van der Waals surface area contributed by atoms with E-state index in [1.807, 2.05) is 24.3 Å². The molecule has 2 aromatic rings. The predicted octanol–water partition coefficient (Wildman–Crippen LogP) is 6.16. The molecule has 0 saturated carbocycles. The van der Waals surface area contributed by atoms with Crippen LogP contribution in [0.5, 0.6) is 17.2 Å². The van der Waals surface area contributed by atoms with Crippen molar-refractivity contribution in [3.63, 3.8) is 0 Å². The van der Waals surface area contributed by atoms with E-state index in [9.17, 15) is 0 Å². The summed E-state index contributed by atoms with van der Waals surface area (Å²) >= 11 is 12.7. The van der Waals surface area contributed by atoms with Gasteiger partial charge in [0.15, 0.2) is 19.8 Å². The molecule has 1 fully saturated rings. The van der Waals surface area contributed by atoms with Crippen LogP contribution >= 0.6 is 48.0 Å². The number of nitrogens with two attached hydrogens (primary N) is 1. The maximum atomic E-state index is 6.56. The van der Waals surface area contributed by atoms with Crippen LogP contribution in [0.3, 0.4) is 0 Å². The Balaban J connectivity index is 0.00000342. The molecule has 0 aliphatic carbocycles. The number of piperazine rings is 1. The highest BCUT2D eigenvalue weighted by Gasteiger charge is 2.28. The van der Waals surface area contributed by atoms with Crippen LogP contribution in [0, 0.1) is 0 Å². The van der Waals surface area contributed by atoms with Gasteiger partial charge in [0, 0.05) is 44.8 Å². The summed E-state index contributed by atoms with van der Waals surface area (Å²) in [6.07, 6.45) is -0.116. The fourth-order valence-corrected chi connectivity index (χ4v) is 5.89. The Hall–Kier alpha value is -1.10. The van der Waals surface area contributed by atoms with Gasteiger partial charge in [-0.2, -0.15) is 0 Å². The zero-order valence-electron chi connectivity index (χ0n) is 22.3. The standard InChI is InChI=1S/C25H37Cl2N3O4Si.2ClH/c1-31-21-8-7-17(24(32-2)25(21)33-3)15-29-9-11-30(12-10-29)16-22(34-35(4,5)6)18-13-19(26)23(28)20(27)14-18;;/h7-8,13-14,22H,9-12,15-16,28H2,1-6H3;2*1H. The van der Waals surface area contributed by atoms with E-state index < -0.39 is 8.32 Å². The highest BCUT2D eigenvalue weighted by molar-refractivity contribution is 6.69. The minimum Gasteiger partial charge on any atom is -0.493 e. The maximum absolute atomic E-state index is 6.56. The van der Waals surface area contributed by atoms with Crippen LogP contribution in [0.25, 0.3) is 0 Å². The van der Waals surface area contributed by atoms with Crippen LogP contribution in [0.2, 0.25) is 29.7 Å². The van der Waals surface area contributed by atoms with Crippen LogP contribution in [-0.4, -0.2) is 72.2 Å². The van der Waals surface area contributed by atoms with Crippen LogP contribution in [0.15, 0.2) is 24.3 Å². The molecule has 1 saturated heterocycles. The average molecular weight is 616 g/mol. The van der Waals surface area contributed by atoms with Gasteiger partial charge < -0.3 is 24.4 Å². The molecule has 1 unspecified atom stereocenters. The lowest BCUT2D eigenvalue weighted by Crippen LogP contribution is -2.48. The molecule has 37 heavy (non-hydrogen) atoms. The largest absolute Gasteiger partial charge is 0.493 e. The van der Waals surface area contributed by atoms with E-state index in [4.69, 9.17) is 47.6 Å². The Bertz CT molecular complexity index is 995. The first-order valence-corrected chi connectivity index (χ1v) is 15.9. The molecule has 1 aliphatic heterocycles. The number of hydrogen-bond acceptors (Lipinski definition) is 7. The number of ether oxygens (including phenoxy) is 3. The molecule has 1 atom stereocenters. The van der Waals surface area contributed by atoms with Gasteiger partial charge in [-0.1, -0.05) is 29.3 Å². The van der Waals surface area contributed by atoms with Crippen LogP contribution in [-0.2, 0) is 11.0 Å². The number of nitrogens with zero attached hydrogens (tertiary/aromatic N) is 2. The second-order valence-electron chi connectivity index (χ2n) is 9.69. The van der Waals surface area contributed by atoms with Crippen molar-refractivity contribution in [3.05, 3.63) is 45.4 Å². The Morgan fingerprint density at radius 3 is 1.89 bits per heavy atom. The first-order chi connectivity index (χ1) is 16.6. The van der Waals surface area contributed by atoms with Crippen molar-refractivity contribution in [1.29, 1.82) is 0 Å². The average Bonchev–Trinajstić information content (AvgIpc) is 2.81. The van der Waals surface area contributed by atoms with Gasteiger partial charge in [0.1, 0.15) is 0 Å². The highest BCUT2D eigenvalue weighted by Crippen LogP contribution is 2.40. The van der Waals surface area contributed by atoms with Crippen molar-refractivity contribution in [1.82, 2.24) is 9.80 Å². The topological polar surface area (TPSA) is 69.4 Å². The van der Waals surface area contributed by atoms with Crippen LogP contribution in [0.4, 0.5) is 5.69 Å². The van der Waals surface area contributed by atoms with Crippen molar-refractivity contribution in [2.45, 2.75) is 32.3 Å². The Morgan fingerprint density at radius 2 is 1.41 bits per heavy atom. The lowest BCUT2D eigenvalue weighted by Gasteiger charge is -2.38. The summed E-state index contributed by atoms with van der Waals surface area (Å²) in [5.41, 5.74) is 8.41. The van der Waals surface area contributed by atoms with E-state index in [0.717, 1.165) is 56.1 Å². The number of halogens is 4. The molecule has 0 radical (unpaired) electrons. The summed E-state index contributed by atoms with van der Waals surface area (Å²) in [6.45, 7) is 11.8. The summed E-state index contributed by atoms with van der Waals surface area (Å²) in [6, 6.07) is 7.73. The van der Waals surface area contributed by atoms with Crippen LogP contribution < -0.4 is 19.9 Å². The number of anilines is 1. The van der Waals surface area contributed by atoms with Crippen molar-refractivity contribution < 1.29 is 18.6 Å². The molecule has 3 rings (SSSR count). The lowest BCUT2D eigenvalue weighted by molar-refractivity contribution is 0.0776. The van der Waals surface area contributed by atoms with Gasteiger partial charge >= 0.3 is 0 Å². The molecule has 0 amide bonds. The van der Waals surface area contributed by atoms with Gasteiger partial charge in [0.25, 0.3) is 0 Å². The van der Waals surface area contributed by atoms with Gasteiger partial charge in [-0.3, -0.25) is 9.80 Å². The second kappa shape index (κ2) is 14.9. The zero-order chi connectivity index (χ0) is 25.8.